The molecule has 0 radical (unpaired) electrons. The van der Waals surface area contributed by atoms with Crippen molar-refractivity contribution in [3.05, 3.63) is 90.0 Å². The highest BCUT2D eigenvalue weighted by molar-refractivity contribution is 6.91. The number of amides is 1. The minimum Gasteiger partial charge on any atom is -0.497 e. The zero-order chi connectivity index (χ0) is 24.3. The first-order chi connectivity index (χ1) is 16.4. The summed E-state index contributed by atoms with van der Waals surface area (Å²) in [6.07, 6.45) is -0.589. The zero-order valence-electron chi connectivity index (χ0n) is 19.9. The normalized spacial score (nSPS) is 17.1. The van der Waals surface area contributed by atoms with Gasteiger partial charge in [-0.15, -0.1) is 0 Å². The molecule has 3 aromatic carbocycles. The SMILES string of the molecule is COC(=O)[C@H]1[C@H]([Si](C)(C)c2ccccc2)c2ccc(OC)cc2N1C(=O)OCc1ccccc1. The number of carbonyl (C=O) groups is 2. The lowest BCUT2D eigenvalue weighted by Crippen LogP contribution is -2.56. The van der Waals surface area contributed by atoms with Crippen LogP contribution in [0.15, 0.2) is 78.9 Å². The summed E-state index contributed by atoms with van der Waals surface area (Å²) in [7, 11) is 0.598. The molecule has 0 spiro atoms. The van der Waals surface area contributed by atoms with Crippen molar-refractivity contribution >= 4 is 31.0 Å². The molecule has 1 amide bonds. The highest BCUT2D eigenvalue weighted by Gasteiger charge is 2.54. The number of methoxy groups -OCH3 is 2. The second-order valence-corrected chi connectivity index (χ2v) is 13.5. The lowest BCUT2D eigenvalue weighted by molar-refractivity contribution is -0.142. The molecule has 0 unspecified atom stereocenters. The summed E-state index contributed by atoms with van der Waals surface area (Å²) in [4.78, 5) is 28.2. The Labute approximate surface area is 201 Å². The van der Waals surface area contributed by atoms with Crippen molar-refractivity contribution in [3.63, 3.8) is 0 Å². The van der Waals surface area contributed by atoms with E-state index in [9.17, 15) is 9.59 Å². The maximum atomic E-state index is 13.5. The molecular formula is C27H29NO5Si. The van der Waals surface area contributed by atoms with E-state index in [2.05, 4.69) is 25.2 Å². The van der Waals surface area contributed by atoms with E-state index < -0.39 is 26.2 Å². The number of fused-ring (bicyclic) bond motifs is 1. The standard InChI is InChI=1S/C27H29NO5Si/c1-31-20-15-16-22-23(17-20)28(27(30)33-18-19-11-7-5-8-12-19)24(26(29)32-2)25(22)34(3,4)21-13-9-6-10-14-21/h5-17,24-25H,18H2,1-4H3/t24-,25-/m1/s1. The van der Waals surface area contributed by atoms with Gasteiger partial charge in [0.2, 0.25) is 0 Å². The van der Waals surface area contributed by atoms with E-state index >= 15 is 0 Å². The number of nitrogens with zero attached hydrogens (tertiary/aromatic N) is 1. The number of ether oxygens (including phenoxy) is 3. The number of esters is 1. The van der Waals surface area contributed by atoms with E-state index in [1.165, 1.54) is 17.2 Å². The van der Waals surface area contributed by atoms with Crippen molar-refractivity contribution in [2.24, 2.45) is 0 Å². The van der Waals surface area contributed by atoms with Crippen LogP contribution >= 0.6 is 0 Å². The van der Waals surface area contributed by atoms with Crippen LogP contribution in [0.1, 0.15) is 16.7 Å². The third kappa shape index (κ3) is 4.31. The van der Waals surface area contributed by atoms with E-state index in [0.717, 1.165) is 11.1 Å². The van der Waals surface area contributed by atoms with Crippen LogP contribution in [0.5, 0.6) is 5.75 Å². The first-order valence-corrected chi connectivity index (χ1v) is 14.3. The third-order valence-electron chi connectivity index (χ3n) is 6.57. The molecule has 7 heteroatoms. The molecule has 1 aliphatic rings. The summed E-state index contributed by atoms with van der Waals surface area (Å²) >= 11 is 0. The quantitative estimate of drug-likeness (QED) is 0.384. The average molecular weight is 476 g/mol. The van der Waals surface area contributed by atoms with Gasteiger partial charge < -0.3 is 14.2 Å². The maximum Gasteiger partial charge on any atom is 0.415 e. The van der Waals surface area contributed by atoms with Crippen LogP contribution in [0.2, 0.25) is 13.1 Å². The van der Waals surface area contributed by atoms with Crippen LogP contribution in [0.4, 0.5) is 10.5 Å². The van der Waals surface area contributed by atoms with Crippen LogP contribution < -0.4 is 14.8 Å². The maximum absolute atomic E-state index is 13.5. The van der Waals surface area contributed by atoms with Crippen LogP contribution in [0, 0.1) is 0 Å². The number of rotatable bonds is 6. The zero-order valence-corrected chi connectivity index (χ0v) is 20.9. The molecule has 1 heterocycles. The van der Waals surface area contributed by atoms with Gasteiger partial charge >= 0.3 is 12.1 Å². The van der Waals surface area contributed by atoms with Crippen molar-refractivity contribution < 1.29 is 23.8 Å². The molecule has 0 aliphatic carbocycles. The van der Waals surface area contributed by atoms with E-state index in [-0.39, 0.29) is 12.1 Å². The molecule has 4 rings (SSSR count). The third-order valence-corrected chi connectivity index (χ3v) is 10.6. The van der Waals surface area contributed by atoms with Crippen molar-refractivity contribution in [3.8, 4) is 5.75 Å². The van der Waals surface area contributed by atoms with E-state index in [1.807, 2.05) is 60.7 Å². The summed E-state index contributed by atoms with van der Waals surface area (Å²) in [5.41, 5.74) is 2.18. The molecular weight excluding hydrogens is 446 g/mol. The molecule has 34 heavy (non-hydrogen) atoms. The number of hydrogen-bond acceptors (Lipinski definition) is 5. The van der Waals surface area contributed by atoms with Gasteiger partial charge in [0.1, 0.15) is 18.4 Å². The molecule has 0 fully saturated rings. The molecule has 0 saturated carbocycles. The van der Waals surface area contributed by atoms with Gasteiger partial charge in [-0.25, -0.2) is 9.59 Å². The van der Waals surface area contributed by atoms with Gasteiger partial charge in [-0.05, 0) is 17.2 Å². The summed E-state index contributed by atoms with van der Waals surface area (Å²) in [5.74, 6) is 0.136. The van der Waals surface area contributed by atoms with E-state index in [0.29, 0.717) is 11.4 Å². The fourth-order valence-electron chi connectivity index (χ4n) is 4.78. The summed E-state index contributed by atoms with van der Waals surface area (Å²) in [6, 6.07) is 24.4. The second kappa shape index (κ2) is 9.73. The molecule has 2 atom stereocenters. The van der Waals surface area contributed by atoms with Crippen LogP contribution in [0.3, 0.4) is 0 Å². The smallest absolute Gasteiger partial charge is 0.415 e. The van der Waals surface area contributed by atoms with Gasteiger partial charge in [0.05, 0.1) is 28.0 Å². The first-order valence-electron chi connectivity index (χ1n) is 11.2. The molecule has 3 aromatic rings. The molecule has 0 N–H and O–H groups in total. The molecule has 0 bridgehead atoms. The first kappa shape index (κ1) is 23.6. The fourth-order valence-corrected chi connectivity index (χ4v) is 8.29. The lowest BCUT2D eigenvalue weighted by atomic mass is 10.1. The van der Waals surface area contributed by atoms with Crippen molar-refractivity contribution in [2.75, 3.05) is 19.1 Å². The van der Waals surface area contributed by atoms with Crippen LogP contribution in [-0.4, -0.2) is 40.4 Å². The van der Waals surface area contributed by atoms with Gasteiger partial charge in [0.25, 0.3) is 0 Å². The predicted molar refractivity (Wildman–Crippen MR) is 134 cm³/mol. The van der Waals surface area contributed by atoms with Crippen molar-refractivity contribution in [1.29, 1.82) is 0 Å². The highest BCUT2D eigenvalue weighted by Crippen LogP contribution is 2.47. The number of benzene rings is 3. The van der Waals surface area contributed by atoms with Gasteiger partial charge in [-0.2, -0.15) is 0 Å². The Hall–Kier alpha value is -3.58. The molecule has 1 aliphatic heterocycles. The largest absolute Gasteiger partial charge is 0.497 e. The highest BCUT2D eigenvalue weighted by atomic mass is 28.3. The van der Waals surface area contributed by atoms with Crippen LogP contribution in [-0.2, 0) is 20.9 Å². The Bertz CT molecular complexity index is 1170. The number of carbonyl (C=O) groups excluding carboxylic acids is 2. The Morgan fingerprint density at radius 1 is 0.912 bits per heavy atom. The fraction of sp³-hybridized carbons (Fsp3) is 0.259. The Kier molecular flexibility index (Phi) is 6.74. The lowest BCUT2D eigenvalue weighted by Gasteiger charge is -2.35. The molecule has 0 aromatic heterocycles. The monoisotopic (exact) mass is 475 g/mol. The molecule has 6 nitrogen and oxygen atoms in total. The van der Waals surface area contributed by atoms with Gasteiger partial charge in [-0.3, -0.25) is 4.90 Å². The van der Waals surface area contributed by atoms with Crippen molar-refractivity contribution in [1.82, 2.24) is 0 Å². The second-order valence-electron chi connectivity index (χ2n) is 8.87. The van der Waals surface area contributed by atoms with E-state index in [4.69, 9.17) is 14.2 Å². The summed E-state index contributed by atoms with van der Waals surface area (Å²) in [5, 5.41) is 1.19. The van der Waals surface area contributed by atoms with Gasteiger partial charge in [-0.1, -0.05) is 85.0 Å². The van der Waals surface area contributed by atoms with Crippen molar-refractivity contribution in [2.45, 2.75) is 31.3 Å². The summed E-state index contributed by atoms with van der Waals surface area (Å²) < 4.78 is 16.4. The topological polar surface area (TPSA) is 65.1 Å². The minimum absolute atomic E-state index is 0.105. The average Bonchev–Trinajstić information content (AvgIpc) is 3.23. The van der Waals surface area contributed by atoms with Gasteiger partial charge in [0.15, 0.2) is 0 Å². The van der Waals surface area contributed by atoms with Crippen LogP contribution in [0.25, 0.3) is 0 Å². The van der Waals surface area contributed by atoms with Gasteiger partial charge in [0, 0.05) is 11.6 Å². The molecule has 176 valence electrons. The molecule has 0 saturated heterocycles. The summed E-state index contributed by atoms with van der Waals surface area (Å²) in [6.45, 7) is 4.54. The Balaban J connectivity index is 1.80. The predicted octanol–water partition coefficient (Wildman–Crippen LogP) is 4.63. The van der Waals surface area contributed by atoms with E-state index in [1.54, 1.807) is 13.2 Å². The number of anilines is 1. The minimum atomic E-state index is -2.33. The Morgan fingerprint density at radius 2 is 1.56 bits per heavy atom. The Morgan fingerprint density at radius 3 is 2.18 bits per heavy atom. The number of hydrogen-bond donors (Lipinski definition) is 0.